The number of allylic oxidation sites excluding steroid dienone is 1. The van der Waals surface area contributed by atoms with E-state index in [1.807, 2.05) is 88.4 Å². The first kappa shape index (κ1) is 27.4. The van der Waals surface area contributed by atoms with Gasteiger partial charge in [0.2, 0.25) is 0 Å². The fourth-order valence-corrected chi connectivity index (χ4v) is 6.40. The summed E-state index contributed by atoms with van der Waals surface area (Å²) >= 11 is 1.33. The number of hydrogen-bond donors (Lipinski definition) is 0. The van der Waals surface area contributed by atoms with Gasteiger partial charge in [0.05, 0.1) is 30.0 Å². The van der Waals surface area contributed by atoms with Crippen molar-refractivity contribution in [1.82, 2.24) is 9.47 Å². The SMILES string of the molecule is CCN(CC)C(=O)C1=C(C)N=c2s/c(=C/c3ccc(OC)cc3C)c(=O)n2[C@H]1c1c(OC)ccc2ccccc12. The lowest BCUT2D eigenvalue weighted by atomic mass is 9.90. The van der Waals surface area contributed by atoms with Gasteiger partial charge >= 0.3 is 0 Å². The zero-order valence-corrected chi connectivity index (χ0v) is 24.5. The predicted octanol–water partition coefficient (Wildman–Crippen LogP) is 4.58. The molecular formula is C32H33N3O4S. The Morgan fingerprint density at radius 1 is 1.05 bits per heavy atom. The first-order valence-electron chi connectivity index (χ1n) is 13.3. The molecule has 0 spiro atoms. The van der Waals surface area contributed by atoms with E-state index in [0.29, 0.717) is 39.4 Å². The van der Waals surface area contributed by atoms with Crippen molar-refractivity contribution in [1.29, 1.82) is 0 Å². The lowest BCUT2D eigenvalue weighted by molar-refractivity contribution is -0.127. The summed E-state index contributed by atoms with van der Waals surface area (Å²) in [6.45, 7) is 8.85. The van der Waals surface area contributed by atoms with E-state index in [2.05, 4.69) is 0 Å². The Balaban J connectivity index is 1.84. The molecule has 0 aliphatic carbocycles. The van der Waals surface area contributed by atoms with Crippen LogP contribution >= 0.6 is 11.3 Å². The van der Waals surface area contributed by atoms with Gasteiger partial charge in [-0.25, -0.2) is 4.99 Å². The Morgan fingerprint density at radius 3 is 2.48 bits per heavy atom. The van der Waals surface area contributed by atoms with E-state index >= 15 is 0 Å². The number of carbonyl (C=O) groups excluding carboxylic acids is 1. The molecule has 0 fully saturated rings. The zero-order valence-electron chi connectivity index (χ0n) is 23.6. The quantitative estimate of drug-likeness (QED) is 0.335. The summed E-state index contributed by atoms with van der Waals surface area (Å²) in [6, 6.07) is 16.9. The first-order chi connectivity index (χ1) is 19.3. The number of ether oxygens (including phenoxy) is 2. The molecule has 1 aliphatic rings. The number of amides is 1. The van der Waals surface area contributed by atoms with Crippen LogP contribution in [0.3, 0.4) is 0 Å². The van der Waals surface area contributed by atoms with Gasteiger partial charge in [-0.05, 0) is 73.9 Å². The van der Waals surface area contributed by atoms with Crippen LogP contribution in [0.2, 0.25) is 0 Å². The molecule has 2 heterocycles. The van der Waals surface area contributed by atoms with Crippen molar-refractivity contribution in [2.45, 2.75) is 33.7 Å². The Labute approximate surface area is 237 Å². The number of nitrogens with zero attached hydrogens (tertiary/aromatic N) is 3. The maximum Gasteiger partial charge on any atom is 0.271 e. The number of likely N-dealkylation sites (N-methyl/N-ethyl adjacent to an activating group) is 1. The maximum atomic E-state index is 14.2. The summed E-state index contributed by atoms with van der Waals surface area (Å²) < 4.78 is 13.4. The van der Waals surface area contributed by atoms with Crippen LogP contribution in [-0.4, -0.2) is 42.7 Å². The van der Waals surface area contributed by atoms with Crippen molar-refractivity contribution in [2.24, 2.45) is 4.99 Å². The van der Waals surface area contributed by atoms with Gasteiger partial charge in [0.15, 0.2) is 4.80 Å². The minimum Gasteiger partial charge on any atom is -0.497 e. The van der Waals surface area contributed by atoms with E-state index in [-0.39, 0.29) is 11.5 Å². The minimum absolute atomic E-state index is 0.133. The van der Waals surface area contributed by atoms with Gasteiger partial charge in [-0.2, -0.15) is 0 Å². The number of hydrogen-bond acceptors (Lipinski definition) is 6. The second-order valence-corrected chi connectivity index (χ2v) is 10.7. The topological polar surface area (TPSA) is 73.1 Å². The third-order valence-corrected chi connectivity index (χ3v) is 8.47. The third-order valence-electron chi connectivity index (χ3n) is 7.49. The van der Waals surface area contributed by atoms with Crippen LogP contribution in [0.4, 0.5) is 0 Å². The zero-order chi connectivity index (χ0) is 28.6. The Kier molecular flexibility index (Phi) is 7.63. The van der Waals surface area contributed by atoms with Gasteiger partial charge in [0.1, 0.15) is 17.5 Å². The van der Waals surface area contributed by atoms with Crippen LogP contribution in [0.5, 0.6) is 11.5 Å². The summed E-state index contributed by atoms with van der Waals surface area (Å²) in [6.07, 6.45) is 1.89. The Bertz CT molecular complexity index is 1830. The average Bonchev–Trinajstić information content (AvgIpc) is 3.27. The lowest BCUT2D eigenvalue weighted by Crippen LogP contribution is -2.43. The van der Waals surface area contributed by atoms with Gasteiger partial charge in [-0.1, -0.05) is 47.7 Å². The third kappa shape index (κ3) is 4.62. The number of benzene rings is 3. The van der Waals surface area contributed by atoms with Crippen molar-refractivity contribution in [3.63, 3.8) is 0 Å². The van der Waals surface area contributed by atoms with E-state index in [4.69, 9.17) is 14.5 Å². The molecule has 1 amide bonds. The van der Waals surface area contributed by atoms with Crippen LogP contribution in [0.1, 0.15) is 43.5 Å². The molecule has 7 nitrogen and oxygen atoms in total. The first-order valence-corrected chi connectivity index (χ1v) is 14.2. The molecule has 0 radical (unpaired) electrons. The number of aromatic nitrogens is 1. The molecule has 1 atom stereocenters. The summed E-state index contributed by atoms with van der Waals surface area (Å²) in [5, 5.41) is 1.92. The number of carbonyl (C=O) groups is 1. The highest BCUT2D eigenvalue weighted by Gasteiger charge is 2.36. The summed E-state index contributed by atoms with van der Waals surface area (Å²) in [7, 11) is 3.25. The Morgan fingerprint density at radius 2 is 1.80 bits per heavy atom. The number of methoxy groups -OCH3 is 2. The van der Waals surface area contributed by atoms with Crippen LogP contribution in [-0.2, 0) is 4.79 Å². The second kappa shape index (κ2) is 11.1. The molecule has 206 valence electrons. The van der Waals surface area contributed by atoms with E-state index in [1.54, 1.807) is 23.7 Å². The number of rotatable bonds is 7. The van der Waals surface area contributed by atoms with Gasteiger partial charge < -0.3 is 14.4 Å². The van der Waals surface area contributed by atoms with E-state index in [9.17, 15) is 9.59 Å². The molecule has 1 aliphatic heterocycles. The van der Waals surface area contributed by atoms with Crippen molar-refractivity contribution < 1.29 is 14.3 Å². The molecule has 0 unspecified atom stereocenters. The maximum absolute atomic E-state index is 14.2. The molecule has 1 aromatic heterocycles. The molecule has 3 aromatic carbocycles. The number of thiazole rings is 1. The standard InChI is InChI=1S/C32H33N3O4S/c1-7-34(8-2)31(37)27-20(4)33-32-35(29(27)28-24-12-10-9-11-21(24)14-16-25(28)39-6)30(36)26(40-32)18-22-13-15-23(38-5)17-19(22)3/h9-18,29H,7-8H2,1-6H3/b26-18+/t29-/m1/s1. The highest BCUT2D eigenvalue weighted by molar-refractivity contribution is 7.07. The molecule has 0 bridgehead atoms. The Hall–Kier alpha value is -4.17. The van der Waals surface area contributed by atoms with Crippen molar-refractivity contribution in [3.05, 3.63) is 102 Å². The van der Waals surface area contributed by atoms with Gasteiger partial charge in [0, 0.05) is 18.7 Å². The fraction of sp³-hybridized carbons (Fsp3) is 0.281. The molecule has 8 heteroatoms. The molecule has 0 saturated heterocycles. The highest BCUT2D eigenvalue weighted by atomic mass is 32.1. The van der Waals surface area contributed by atoms with Crippen molar-refractivity contribution in [2.75, 3.05) is 27.3 Å². The summed E-state index contributed by atoms with van der Waals surface area (Å²) in [5.74, 6) is 1.24. The van der Waals surface area contributed by atoms with Gasteiger partial charge in [0.25, 0.3) is 11.5 Å². The summed E-state index contributed by atoms with van der Waals surface area (Å²) in [5.41, 5.74) is 3.57. The molecule has 0 N–H and O–H groups in total. The van der Waals surface area contributed by atoms with Gasteiger partial charge in [-0.15, -0.1) is 0 Å². The number of aryl methyl sites for hydroxylation is 1. The molecular weight excluding hydrogens is 522 g/mol. The minimum atomic E-state index is -0.704. The fourth-order valence-electron chi connectivity index (χ4n) is 5.36. The summed E-state index contributed by atoms with van der Waals surface area (Å²) in [4.78, 5) is 35.4. The average molecular weight is 556 g/mol. The van der Waals surface area contributed by atoms with E-state index in [0.717, 1.165) is 33.2 Å². The van der Waals surface area contributed by atoms with Crippen LogP contribution < -0.4 is 24.4 Å². The highest BCUT2D eigenvalue weighted by Crippen LogP contribution is 2.40. The van der Waals surface area contributed by atoms with Crippen LogP contribution in [0, 0.1) is 6.92 Å². The molecule has 5 rings (SSSR count). The van der Waals surface area contributed by atoms with E-state index < -0.39 is 6.04 Å². The van der Waals surface area contributed by atoms with Crippen molar-refractivity contribution >= 4 is 34.1 Å². The molecule has 0 saturated carbocycles. The number of fused-ring (bicyclic) bond motifs is 2. The smallest absolute Gasteiger partial charge is 0.271 e. The van der Waals surface area contributed by atoms with Crippen LogP contribution in [0.15, 0.2) is 75.7 Å². The molecule has 40 heavy (non-hydrogen) atoms. The van der Waals surface area contributed by atoms with Gasteiger partial charge in [-0.3, -0.25) is 14.2 Å². The normalized spacial score (nSPS) is 15.2. The molecule has 4 aromatic rings. The van der Waals surface area contributed by atoms with Crippen LogP contribution in [0.25, 0.3) is 16.8 Å². The second-order valence-electron chi connectivity index (χ2n) is 9.68. The van der Waals surface area contributed by atoms with E-state index in [1.165, 1.54) is 11.3 Å². The monoisotopic (exact) mass is 555 g/mol. The predicted molar refractivity (Wildman–Crippen MR) is 160 cm³/mol. The largest absolute Gasteiger partial charge is 0.497 e. The van der Waals surface area contributed by atoms with Crippen molar-refractivity contribution in [3.8, 4) is 11.5 Å². The lowest BCUT2D eigenvalue weighted by Gasteiger charge is -2.30.